The largest absolute Gasteiger partial charge is 0.573 e. The molecule has 1 rings (SSSR count). The number of hydrogen-bond acceptors (Lipinski definition) is 2. The van der Waals surface area contributed by atoms with Gasteiger partial charge < -0.3 is 10.5 Å². The van der Waals surface area contributed by atoms with E-state index in [4.69, 9.17) is 5.73 Å². The molecular formula is C11H12F3NO2. The molecule has 0 aromatic heterocycles. The summed E-state index contributed by atoms with van der Waals surface area (Å²) >= 11 is 0. The quantitative estimate of drug-likeness (QED) is 0.892. The van der Waals surface area contributed by atoms with Gasteiger partial charge in [-0.2, -0.15) is 0 Å². The van der Waals surface area contributed by atoms with Crippen molar-refractivity contribution >= 4 is 5.91 Å². The summed E-state index contributed by atoms with van der Waals surface area (Å²) in [6, 6.07) is 3.48. The molecule has 1 aromatic carbocycles. The Balaban J connectivity index is 3.15. The van der Waals surface area contributed by atoms with Crippen LogP contribution in [-0.4, -0.2) is 12.3 Å². The molecule has 0 bridgehead atoms. The van der Waals surface area contributed by atoms with Gasteiger partial charge >= 0.3 is 6.36 Å². The highest BCUT2D eigenvalue weighted by atomic mass is 19.4. The van der Waals surface area contributed by atoms with Crippen molar-refractivity contribution in [3.05, 3.63) is 29.3 Å². The fourth-order valence-electron chi connectivity index (χ4n) is 1.44. The van der Waals surface area contributed by atoms with Crippen LogP contribution < -0.4 is 10.5 Å². The van der Waals surface area contributed by atoms with Crippen molar-refractivity contribution < 1.29 is 22.7 Å². The number of amides is 1. The van der Waals surface area contributed by atoms with Crippen molar-refractivity contribution in [2.75, 3.05) is 0 Å². The molecule has 0 radical (unpaired) electrons. The van der Waals surface area contributed by atoms with E-state index in [2.05, 4.69) is 4.74 Å². The molecule has 1 amide bonds. The SMILES string of the molecule is CC(C)c1cc(OC(F)(F)F)ccc1C(N)=O. The molecule has 0 heterocycles. The Kier molecular flexibility index (Phi) is 3.65. The lowest BCUT2D eigenvalue weighted by molar-refractivity contribution is -0.274. The number of alkyl halides is 3. The lowest BCUT2D eigenvalue weighted by atomic mass is 9.96. The highest BCUT2D eigenvalue weighted by Crippen LogP contribution is 2.28. The fourth-order valence-corrected chi connectivity index (χ4v) is 1.44. The number of ether oxygens (including phenoxy) is 1. The van der Waals surface area contributed by atoms with Crippen molar-refractivity contribution in [3.63, 3.8) is 0 Å². The van der Waals surface area contributed by atoms with Gasteiger partial charge in [0.2, 0.25) is 5.91 Å². The van der Waals surface area contributed by atoms with E-state index in [1.54, 1.807) is 13.8 Å². The molecule has 3 nitrogen and oxygen atoms in total. The van der Waals surface area contributed by atoms with E-state index in [0.29, 0.717) is 5.56 Å². The van der Waals surface area contributed by atoms with E-state index < -0.39 is 12.3 Å². The van der Waals surface area contributed by atoms with Crippen LogP contribution in [0.5, 0.6) is 5.75 Å². The molecule has 0 aliphatic carbocycles. The first-order valence-corrected chi connectivity index (χ1v) is 4.90. The Morgan fingerprint density at radius 2 is 1.94 bits per heavy atom. The van der Waals surface area contributed by atoms with Crippen molar-refractivity contribution in [1.82, 2.24) is 0 Å². The van der Waals surface area contributed by atoms with E-state index in [1.807, 2.05) is 0 Å². The van der Waals surface area contributed by atoms with Crippen LogP contribution in [0.3, 0.4) is 0 Å². The van der Waals surface area contributed by atoms with Crippen LogP contribution in [0.4, 0.5) is 13.2 Å². The zero-order valence-corrected chi connectivity index (χ0v) is 9.34. The van der Waals surface area contributed by atoms with Crippen LogP contribution in [0.2, 0.25) is 0 Å². The van der Waals surface area contributed by atoms with Crippen molar-refractivity contribution in [2.24, 2.45) is 5.73 Å². The number of primary amides is 1. The molecule has 0 fully saturated rings. The molecule has 6 heteroatoms. The number of nitrogens with two attached hydrogens (primary N) is 1. The van der Waals surface area contributed by atoms with Gasteiger partial charge in [-0.1, -0.05) is 13.8 Å². The van der Waals surface area contributed by atoms with Crippen LogP contribution in [0, 0.1) is 0 Å². The molecule has 0 aliphatic rings. The summed E-state index contributed by atoms with van der Waals surface area (Å²) in [4.78, 5) is 11.1. The number of halogens is 3. The minimum absolute atomic E-state index is 0.130. The van der Waals surface area contributed by atoms with E-state index in [0.717, 1.165) is 6.07 Å². The summed E-state index contributed by atoms with van der Waals surface area (Å²) in [5.41, 5.74) is 5.76. The Bertz CT molecular complexity index is 427. The van der Waals surface area contributed by atoms with E-state index in [1.165, 1.54) is 12.1 Å². The molecule has 94 valence electrons. The second-order valence-electron chi connectivity index (χ2n) is 3.82. The standard InChI is InChI=1S/C11H12F3NO2/c1-6(2)9-5-7(17-11(12,13)14)3-4-8(9)10(15)16/h3-6H,1-2H3,(H2,15,16). The van der Waals surface area contributed by atoms with E-state index >= 15 is 0 Å². The molecule has 0 unspecified atom stereocenters. The first-order valence-electron chi connectivity index (χ1n) is 4.90. The summed E-state index contributed by atoms with van der Waals surface area (Å²) in [5.74, 6) is -1.16. The van der Waals surface area contributed by atoms with Gasteiger partial charge in [0, 0.05) is 5.56 Å². The van der Waals surface area contributed by atoms with Crippen molar-refractivity contribution in [2.45, 2.75) is 26.1 Å². The van der Waals surface area contributed by atoms with Gasteiger partial charge in [0.15, 0.2) is 0 Å². The summed E-state index contributed by atoms with van der Waals surface area (Å²) in [5, 5.41) is 0. The van der Waals surface area contributed by atoms with Gasteiger partial charge in [-0.25, -0.2) is 0 Å². The van der Waals surface area contributed by atoms with Gasteiger partial charge in [0.05, 0.1) is 0 Å². The second kappa shape index (κ2) is 4.65. The van der Waals surface area contributed by atoms with Gasteiger partial charge in [-0.05, 0) is 29.7 Å². The second-order valence-corrected chi connectivity index (χ2v) is 3.82. The lowest BCUT2D eigenvalue weighted by Gasteiger charge is -2.14. The van der Waals surface area contributed by atoms with E-state index in [-0.39, 0.29) is 17.2 Å². The maximum atomic E-state index is 12.0. The maximum Gasteiger partial charge on any atom is 0.573 e. The Morgan fingerprint density at radius 3 is 2.35 bits per heavy atom. The van der Waals surface area contributed by atoms with E-state index in [9.17, 15) is 18.0 Å². The highest BCUT2D eigenvalue weighted by molar-refractivity contribution is 5.94. The molecule has 0 atom stereocenters. The first-order chi connectivity index (χ1) is 7.70. The molecule has 17 heavy (non-hydrogen) atoms. The first kappa shape index (κ1) is 13.3. The predicted octanol–water partition coefficient (Wildman–Crippen LogP) is 2.81. The molecule has 0 spiro atoms. The third-order valence-corrected chi connectivity index (χ3v) is 2.14. The van der Waals surface area contributed by atoms with Gasteiger partial charge in [0.1, 0.15) is 5.75 Å². The zero-order chi connectivity index (χ0) is 13.2. The maximum absolute atomic E-state index is 12.0. The minimum Gasteiger partial charge on any atom is -0.406 e. The van der Waals surface area contributed by atoms with Crippen LogP contribution in [0.15, 0.2) is 18.2 Å². The number of rotatable bonds is 3. The number of carbonyl (C=O) groups excluding carboxylic acids is 1. The summed E-state index contributed by atoms with van der Waals surface area (Å²) < 4.78 is 39.8. The Labute approximate surface area is 96.4 Å². The Hall–Kier alpha value is -1.72. The van der Waals surface area contributed by atoms with Crippen molar-refractivity contribution in [1.29, 1.82) is 0 Å². The summed E-state index contributed by atoms with van der Waals surface area (Å²) in [6.07, 6.45) is -4.75. The van der Waals surface area contributed by atoms with Crippen LogP contribution >= 0.6 is 0 Å². The average Bonchev–Trinajstić information content (AvgIpc) is 2.14. The molecular weight excluding hydrogens is 235 g/mol. The third kappa shape index (κ3) is 3.65. The molecule has 0 saturated carbocycles. The number of hydrogen-bond donors (Lipinski definition) is 1. The van der Waals surface area contributed by atoms with Crippen LogP contribution in [-0.2, 0) is 0 Å². The zero-order valence-electron chi connectivity index (χ0n) is 9.34. The molecule has 0 saturated heterocycles. The van der Waals surface area contributed by atoms with Gasteiger partial charge in [0.25, 0.3) is 0 Å². The average molecular weight is 247 g/mol. The Morgan fingerprint density at radius 1 is 1.35 bits per heavy atom. The van der Waals surface area contributed by atoms with Crippen LogP contribution in [0.1, 0.15) is 35.7 Å². The monoisotopic (exact) mass is 247 g/mol. The van der Waals surface area contributed by atoms with Crippen LogP contribution in [0.25, 0.3) is 0 Å². The normalized spacial score (nSPS) is 11.6. The third-order valence-electron chi connectivity index (χ3n) is 2.14. The highest BCUT2D eigenvalue weighted by Gasteiger charge is 2.31. The summed E-state index contributed by atoms with van der Waals surface area (Å²) in [6.45, 7) is 3.50. The van der Waals surface area contributed by atoms with Crippen molar-refractivity contribution in [3.8, 4) is 5.75 Å². The van der Waals surface area contributed by atoms with Gasteiger partial charge in [-0.15, -0.1) is 13.2 Å². The smallest absolute Gasteiger partial charge is 0.406 e. The molecule has 0 aliphatic heterocycles. The van der Waals surface area contributed by atoms with Gasteiger partial charge in [-0.3, -0.25) is 4.79 Å². The minimum atomic E-state index is -4.75. The number of carbonyl (C=O) groups is 1. The number of benzene rings is 1. The lowest BCUT2D eigenvalue weighted by Crippen LogP contribution is -2.18. The molecule has 1 aromatic rings. The molecule has 2 N–H and O–H groups in total. The summed E-state index contributed by atoms with van der Waals surface area (Å²) in [7, 11) is 0. The topological polar surface area (TPSA) is 52.3 Å². The fraction of sp³-hybridized carbons (Fsp3) is 0.364. The predicted molar refractivity (Wildman–Crippen MR) is 55.7 cm³/mol.